The van der Waals surface area contributed by atoms with E-state index in [1.54, 1.807) is 0 Å². The lowest BCUT2D eigenvalue weighted by molar-refractivity contribution is -0.136. The molecule has 2 saturated heterocycles. The van der Waals surface area contributed by atoms with Crippen molar-refractivity contribution in [2.45, 2.75) is 135 Å². The van der Waals surface area contributed by atoms with Crippen molar-refractivity contribution in [1.82, 2.24) is 20.4 Å². The zero-order valence-corrected chi connectivity index (χ0v) is 25.1. The van der Waals surface area contributed by atoms with Crippen molar-refractivity contribution in [3.63, 3.8) is 0 Å². The van der Waals surface area contributed by atoms with E-state index < -0.39 is 6.10 Å². The molecule has 6 unspecified atom stereocenters. The first-order valence-corrected chi connectivity index (χ1v) is 15.6. The standard InChI is InChI=1S/C31H56N4O3/c1-30(2,3)32-28(37)26-24-13-9-7-11-21(24)15-17-34(26)19-23(36)20-35-18-16-22-12-8-10-14-25(22)27(35)29(38)33-31(4,5)6/h21-27,36H,7-20H2,1-6H3,(H,32,37)(H,33,38). The van der Waals surface area contributed by atoms with Gasteiger partial charge in [-0.1, -0.05) is 38.5 Å². The number of fused-ring (bicyclic) bond motifs is 2. The molecule has 4 aliphatic rings. The number of aliphatic hydroxyl groups excluding tert-OH is 1. The van der Waals surface area contributed by atoms with Crippen LogP contribution in [-0.2, 0) is 9.59 Å². The molecule has 2 aliphatic carbocycles. The second-order valence-electron chi connectivity index (χ2n) is 15.0. The molecule has 3 N–H and O–H groups in total. The number of nitrogens with zero attached hydrogens (tertiary/aromatic N) is 2. The summed E-state index contributed by atoms with van der Waals surface area (Å²) >= 11 is 0. The summed E-state index contributed by atoms with van der Waals surface area (Å²) in [5.74, 6) is 2.21. The fourth-order valence-corrected chi connectivity index (χ4v) is 8.12. The van der Waals surface area contributed by atoms with Crippen molar-refractivity contribution < 1.29 is 14.7 Å². The van der Waals surface area contributed by atoms with Gasteiger partial charge in [-0.15, -0.1) is 0 Å². The molecule has 218 valence electrons. The summed E-state index contributed by atoms with van der Waals surface area (Å²) in [4.78, 5) is 31.7. The van der Waals surface area contributed by atoms with E-state index in [1.807, 2.05) is 41.5 Å². The molecular formula is C31H56N4O3. The SMILES string of the molecule is CC(C)(C)NC(=O)C1C2CCCCC2CCN1CC(O)CN1CCC2CCCCC2C1C(=O)NC(C)(C)C. The van der Waals surface area contributed by atoms with Crippen LogP contribution in [0.15, 0.2) is 0 Å². The lowest BCUT2D eigenvalue weighted by Crippen LogP contribution is -2.63. The van der Waals surface area contributed by atoms with Crippen molar-refractivity contribution in [3.8, 4) is 0 Å². The van der Waals surface area contributed by atoms with Crippen molar-refractivity contribution in [2.75, 3.05) is 26.2 Å². The maximum absolute atomic E-state index is 13.6. The minimum atomic E-state index is -0.592. The van der Waals surface area contributed by atoms with Gasteiger partial charge in [0.2, 0.25) is 11.8 Å². The highest BCUT2D eigenvalue weighted by molar-refractivity contribution is 5.83. The van der Waals surface area contributed by atoms with Gasteiger partial charge < -0.3 is 15.7 Å². The number of nitrogens with one attached hydrogen (secondary N) is 2. The molecular weight excluding hydrogens is 476 g/mol. The van der Waals surface area contributed by atoms with E-state index in [1.165, 1.54) is 38.5 Å². The molecule has 2 saturated carbocycles. The van der Waals surface area contributed by atoms with Crippen molar-refractivity contribution >= 4 is 11.8 Å². The molecule has 0 spiro atoms. The number of β-amino-alcohol motifs (C(OH)–C–C–N with tert-alkyl or cyclic N) is 1. The lowest BCUT2D eigenvalue weighted by atomic mass is 9.70. The van der Waals surface area contributed by atoms with Crippen LogP contribution in [0.4, 0.5) is 0 Å². The molecule has 2 aliphatic heterocycles. The Bertz CT molecular complexity index is 753. The van der Waals surface area contributed by atoms with Crippen LogP contribution >= 0.6 is 0 Å². The zero-order valence-electron chi connectivity index (χ0n) is 25.1. The number of carbonyl (C=O) groups excluding carboxylic acids is 2. The quantitative estimate of drug-likeness (QED) is 0.483. The van der Waals surface area contributed by atoms with Crippen molar-refractivity contribution in [2.24, 2.45) is 23.7 Å². The minimum absolute atomic E-state index is 0.117. The summed E-state index contributed by atoms with van der Waals surface area (Å²) in [5, 5.41) is 18.0. The fraction of sp³-hybridized carbons (Fsp3) is 0.935. The molecule has 2 amide bonds. The summed E-state index contributed by atoms with van der Waals surface area (Å²) in [6.45, 7) is 15.0. The molecule has 38 heavy (non-hydrogen) atoms. The number of rotatable bonds is 6. The molecule has 0 aromatic carbocycles. The molecule has 2 heterocycles. The van der Waals surface area contributed by atoms with E-state index in [2.05, 4.69) is 20.4 Å². The van der Waals surface area contributed by atoms with E-state index in [-0.39, 0.29) is 35.0 Å². The summed E-state index contributed by atoms with van der Waals surface area (Å²) < 4.78 is 0. The number of hydrogen-bond acceptors (Lipinski definition) is 5. The molecule has 0 aromatic heterocycles. The molecule has 0 bridgehead atoms. The van der Waals surface area contributed by atoms with Crippen molar-refractivity contribution in [1.29, 1.82) is 0 Å². The third-order valence-electron chi connectivity index (χ3n) is 9.53. The number of piperidine rings is 2. The van der Waals surface area contributed by atoms with Gasteiger partial charge in [0.25, 0.3) is 0 Å². The first-order valence-electron chi connectivity index (χ1n) is 15.6. The Kier molecular flexibility index (Phi) is 9.52. The Morgan fingerprint density at radius 1 is 0.684 bits per heavy atom. The van der Waals surface area contributed by atoms with Gasteiger partial charge in [0.1, 0.15) is 0 Å². The highest BCUT2D eigenvalue weighted by Crippen LogP contribution is 2.42. The van der Waals surface area contributed by atoms with Crippen LogP contribution in [0, 0.1) is 23.7 Å². The Morgan fingerprint density at radius 2 is 1.05 bits per heavy atom. The summed E-state index contributed by atoms with van der Waals surface area (Å²) in [5.41, 5.74) is -0.554. The van der Waals surface area contributed by atoms with E-state index in [0.717, 1.165) is 38.8 Å². The highest BCUT2D eigenvalue weighted by atomic mass is 16.3. The monoisotopic (exact) mass is 532 g/mol. The van der Waals surface area contributed by atoms with E-state index in [4.69, 9.17) is 0 Å². The van der Waals surface area contributed by atoms with Crippen LogP contribution < -0.4 is 10.6 Å². The first-order chi connectivity index (χ1) is 17.8. The number of aliphatic hydroxyl groups is 1. The predicted octanol–water partition coefficient (Wildman–Crippen LogP) is 3.94. The lowest BCUT2D eigenvalue weighted by Gasteiger charge is -2.49. The number of hydrogen-bond donors (Lipinski definition) is 3. The average molecular weight is 533 g/mol. The van der Waals surface area contributed by atoms with Crippen LogP contribution in [0.3, 0.4) is 0 Å². The Balaban J connectivity index is 1.47. The molecule has 6 atom stereocenters. The van der Waals surface area contributed by atoms with Crippen LogP contribution in [0.1, 0.15) is 106 Å². The van der Waals surface area contributed by atoms with Gasteiger partial charge >= 0.3 is 0 Å². The summed E-state index contributed by atoms with van der Waals surface area (Å²) in [6.07, 6.45) is 11.2. The Hall–Kier alpha value is -1.18. The fourth-order valence-electron chi connectivity index (χ4n) is 8.12. The van der Waals surface area contributed by atoms with Gasteiger partial charge in [-0.25, -0.2) is 0 Å². The van der Waals surface area contributed by atoms with Crippen LogP contribution in [0.5, 0.6) is 0 Å². The summed E-state index contributed by atoms with van der Waals surface area (Å²) in [6, 6.07) is -0.348. The zero-order chi connectivity index (χ0) is 27.7. The van der Waals surface area contributed by atoms with Gasteiger partial charge in [-0.3, -0.25) is 19.4 Å². The first kappa shape index (κ1) is 29.8. The number of amides is 2. The molecule has 0 aromatic rings. The second-order valence-corrected chi connectivity index (χ2v) is 15.0. The number of carbonyl (C=O) groups is 2. The Morgan fingerprint density at radius 3 is 1.42 bits per heavy atom. The smallest absolute Gasteiger partial charge is 0.238 e. The van der Waals surface area contributed by atoms with Gasteiger partial charge in [0, 0.05) is 24.2 Å². The third kappa shape index (κ3) is 7.51. The van der Waals surface area contributed by atoms with Crippen molar-refractivity contribution in [3.05, 3.63) is 0 Å². The minimum Gasteiger partial charge on any atom is -0.390 e. The van der Waals surface area contributed by atoms with Gasteiger partial charge in [-0.2, -0.15) is 0 Å². The molecule has 4 fully saturated rings. The molecule has 0 radical (unpaired) electrons. The normalized spacial score (nSPS) is 34.1. The predicted molar refractivity (Wildman–Crippen MR) is 153 cm³/mol. The van der Waals surface area contributed by atoms with E-state index >= 15 is 0 Å². The van der Waals surface area contributed by atoms with Gasteiger partial charge in [-0.05, 0) is 104 Å². The average Bonchev–Trinajstić information content (AvgIpc) is 2.81. The Labute approximate surface area is 231 Å². The molecule has 7 heteroatoms. The van der Waals surface area contributed by atoms with Crippen LogP contribution in [0.2, 0.25) is 0 Å². The second kappa shape index (κ2) is 12.1. The summed E-state index contributed by atoms with van der Waals surface area (Å²) in [7, 11) is 0. The van der Waals surface area contributed by atoms with E-state index in [9.17, 15) is 14.7 Å². The third-order valence-corrected chi connectivity index (χ3v) is 9.53. The number of likely N-dealkylation sites (tertiary alicyclic amines) is 2. The maximum atomic E-state index is 13.6. The topological polar surface area (TPSA) is 84.9 Å². The molecule has 4 rings (SSSR count). The van der Waals surface area contributed by atoms with Gasteiger partial charge in [0.05, 0.1) is 18.2 Å². The van der Waals surface area contributed by atoms with Crippen LogP contribution in [-0.4, -0.2) is 82.2 Å². The van der Waals surface area contributed by atoms with E-state index in [0.29, 0.717) is 36.8 Å². The van der Waals surface area contributed by atoms with Gasteiger partial charge in [0.15, 0.2) is 0 Å². The maximum Gasteiger partial charge on any atom is 0.238 e. The highest BCUT2D eigenvalue weighted by Gasteiger charge is 2.46. The van der Waals surface area contributed by atoms with Crippen LogP contribution in [0.25, 0.3) is 0 Å². The molecule has 7 nitrogen and oxygen atoms in total. The largest absolute Gasteiger partial charge is 0.390 e.